The molecule has 3 rings (SSSR count). The number of nitrogen functional groups attached to an aromatic ring is 1. The van der Waals surface area contributed by atoms with Crippen molar-refractivity contribution < 1.29 is 9.53 Å². The molecule has 0 heterocycles. The van der Waals surface area contributed by atoms with Crippen LogP contribution in [0.1, 0.15) is 25.7 Å². The summed E-state index contributed by atoms with van der Waals surface area (Å²) >= 11 is 0. The normalized spacial score (nSPS) is 28.3. The Balaban J connectivity index is 1.45. The number of benzene rings is 1. The molecule has 1 amide bonds. The Morgan fingerprint density at radius 2 is 2.05 bits per heavy atom. The fourth-order valence-corrected chi connectivity index (χ4v) is 3.38. The molecule has 0 saturated heterocycles. The third kappa shape index (κ3) is 2.83. The molecule has 2 saturated carbocycles. The van der Waals surface area contributed by atoms with Crippen LogP contribution in [0.15, 0.2) is 24.3 Å². The van der Waals surface area contributed by atoms with E-state index in [2.05, 4.69) is 5.32 Å². The molecule has 1 aromatic rings. The molecule has 2 bridgehead atoms. The van der Waals surface area contributed by atoms with E-state index in [0.29, 0.717) is 23.4 Å². The predicted octanol–water partition coefficient (Wildman–Crippen LogP) is 1.95. The Morgan fingerprint density at radius 1 is 1.26 bits per heavy atom. The van der Waals surface area contributed by atoms with Gasteiger partial charge in [0.25, 0.3) is 5.91 Å². The maximum atomic E-state index is 11.9. The summed E-state index contributed by atoms with van der Waals surface area (Å²) in [5, 5.41) is 3.10. The van der Waals surface area contributed by atoms with Crippen LogP contribution in [0.25, 0.3) is 0 Å². The van der Waals surface area contributed by atoms with Gasteiger partial charge >= 0.3 is 0 Å². The molecule has 0 radical (unpaired) electrons. The van der Waals surface area contributed by atoms with E-state index in [9.17, 15) is 4.79 Å². The molecule has 0 aromatic heterocycles. The van der Waals surface area contributed by atoms with Crippen LogP contribution in [-0.2, 0) is 4.79 Å². The molecule has 0 aliphatic heterocycles. The van der Waals surface area contributed by atoms with Crippen LogP contribution >= 0.6 is 0 Å². The van der Waals surface area contributed by atoms with Crippen LogP contribution in [-0.4, -0.2) is 18.6 Å². The number of rotatable bonds is 4. The molecule has 3 atom stereocenters. The number of anilines is 1. The van der Waals surface area contributed by atoms with Crippen LogP contribution in [0.2, 0.25) is 0 Å². The summed E-state index contributed by atoms with van der Waals surface area (Å²) in [5.41, 5.74) is 6.28. The van der Waals surface area contributed by atoms with Gasteiger partial charge in [-0.2, -0.15) is 0 Å². The Morgan fingerprint density at radius 3 is 2.68 bits per heavy atom. The van der Waals surface area contributed by atoms with Gasteiger partial charge in [-0.3, -0.25) is 4.79 Å². The molecule has 102 valence electrons. The number of carbonyl (C=O) groups excluding carboxylic acids is 1. The first-order valence-corrected chi connectivity index (χ1v) is 6.98. The van der Waals surface area contributed by atoms with Gasteiger partial charge in [-0.15, -0.1) is 0 Å². The quantitative estimate of drug-likeness (QED) is 0.813. The number of ether oxygens (including phenoxy) is 1. The van der Waals surface area contributed by atoms with Crippen LogP contribution in [0.3, 0.4) is 0 Å². The third-order valence-corrected chi connectivity index (χ3v) is 4.33. The van der Waals surface area contributed by atoms with E-state index in [1.807, 2.05) is 0 Å². The van der Waals surface area contributed by atoms with Crippen molar-refractivity contribution in [3.05, 3.63) is 24.3 Å². The third-order valence-electron chi connectivity index (χ3n) is 4.33. The van der Waals surface area contributed by atoms with Gasteiger partial charge in [0.05, 0.1) is 0 Å². The average Bonchev–Trinajstić information content (AvgIpc) is 3.00. The minimum absolute atomic E-state index is 0.0191. The van der Waals surface area contributed by atoms with Crippen molar-refractivity contribution in [3.8, 4) is 5.75 Å². The van der Waals surface area contributed by atoms with Crippen LogP contribution < -0.4 is 15.8 Å². The SMILES string of the molecule is Nc1ccc(OCC(=O)NC2CC3CCC2C3)cc1. The Hall–Kier alpha value is -1.71. The number of nitrogens with one attached hydrogen (secondary N) is 1. The molecule has 3 unspecified atom stereocenters. The number of amides is 1. The lowest BCUT2D eigenvalue weighted by Crippen LogP contribution is -2.40. The number of hydrogen-bond acceptors (Lipinski definition) is 3. The molecule has 0 spiro atoms. The molecular weight excluding hydrogens is 240 g/mol. The fourth-order valence-electron chi connectivity index (χ4n) is 3.38. The first-order valence-electron chi connectivity index (χ1n) is 6.98. The monoisotopic (exact) mass is 260 g/mol. The van der Waals surface area contributed by atoms with Crippen molar-refractivity contribution in [3.63, 3.8) is 0 Å². The van der Waals surface area contributed by atoms with Gasteiger partial charge in [0, 0.05) is 11.7 Å². The first-order chi connectivity index (χ1) is 9.20. The summed E-state index contributed by atoms with van der Waals surface area (Å²) in [6.07, 6.45) is 5.06. The van der Waals surface area contributed by atoms with E-state index in [1.54, 1.807) is 24.3 Å². The first kappa shape index (κ1) is 12.3. The number of fused-ring (bicyclic) bond motifs is 2. The molecule has 3 N–H and O–H groups in total. The summed E-state index contributed by atoms with van der Waals surface area (Å²) in [5.74, 6) is 2.20. The van der Waals surface area contributed by atoms with Gasteiger partial charge in [-0.05, 0) is 55.4 Å². The minimum atomic E-state index is -0.0191. The van der Waals surface area contributed by atoms with Crippen molar-refractivity contribution in [1.82, 2.24) is 5.32 Å². The zero-order valence-corrected chi connectivity index (χ0v) is 11.0. The average molecular weight is 260 g/mol. The van der Waals surface area contributed by atoms with Crippen molar-refractivity contribution in [2.24, 2.45) is 11.8 Å². The second-order valence-electron chi connectivity index (χ2n) is 5.71. The molecule has 19 heavy (non-hydrogen) atoms. The Bertz CT molecular complexity index is 458. The van der Waals surface area contributed by atoms with Gasteiger partial charge in [0.15, 0.2) is 6.61 Å². The van der Waals surface area contributed by atoms with Crippen molar-refractivity contribution in [2.75, 3.05) is 12.3 Å². The summed E-state index contributed by atoms with van der Waals surface area (Å²) in [6, 6.07) is 7.47. The number of nitrogens with two attached hydrogens (primary N) is 1. The number of hydrogen-bond donors (Lipinski definition) is 2. The fraction of sp³-hybridized carbons (Fsp3) is 0.533. The zero-order chi connectivity index (χ0) is 13.2. The molecular formula is C15H20N2O2. The predicted molar refractivity (Wildman–Crippen MR) is 73.7 cm³/mol. The standard InChI is InChI=1S/C15H20N2O2/c16-12-3-5-13(6-4-12)19-9-15(18)17-14-8-10-1-2-11(14)7-10/h3-6,10-11,14H,1-2,7-9,16H2,(H,17,18). The van der Waals surface area contributed by atoms with E-state index in [0.717, 1.165) is 12.3 Å². The second kappa shape index (κ2) is 5.11. The number of carbonyl (C=O) groups is 1. The van der Waals surface area contributed by atoms with E-state index in [1.165, 1.54) is 19.3 Å². The van der Waals surface area contributed by atoms with Gasteiger partial charge < -0.3 is 15.8 Å². The van der Waals surface area contributed by atoms with Crippen molar-refractivity contribution in [1.29, 1.82) is 0 Å². The van der Waals surface area contributed by atoms with Gasteiger partial charge in [-0.25, -0.2) is 0 Å². The Kier molecular flexibility index (Phi) is 3.32. The van der Waals surface area contributed by atoms with E-state index in [-0.39, 0.29) is 12.5 Å². The second-order valence-corrected chi connectivity index (χ2v) is 5.71. The van der Waals surface area contributed by atoms with E-state index < -0.39 is 0 Å². The van der Waals surface area contributed by atoms with Gasteiger partial charge in [0.2, 0.25) is 0 Å². The minimum Gasteiger partial charge on any atom is -0.484 e. The van der Waals surface area contributed by atoms with Crippen LogP contribution in [0.5, 0.6) is 5.75 Å². The summed E-state index contributed by atoms with van der Waals surface area (Å²) in [4.78, 5) is 11.9. The highest BCUT2D eigenvalue weighted by Crippen LogP contribution is 2.44. The molecule has 4 nitrogen and oxygen atoms in total. The molecule has 1 aromatic carbocycles. The molecule has 2 aliphatic rings. The van der Waals surface area contributed by atoms with Gasteiger partial charge in [-0.1, -0.05) is 6.42 Å². The molecule has 4 heteroatoms. The van der Waals surface area contributed by atoms with Crippen LogP contribution in [0.4, 0.5) is 5.69 Å². The maximum Gasteiger partial charge on any atom is 0.258 e. The summed E-state index contributed by atoms with van der Waals surface area (Å²) in [6.45, 7) is 0.0812. The summed E-state index contributed by atoms with van der Waals surface area (Å²) in [7, 11) is 0. The van der Waals surface area contributed by atoms with Crippen molar-refractivity contribution in [2.45, 2.75) is 31.7 Å². The van der Waals surface area contributed by atoms with Gasteiger partial charge in [0.1, 0.15) is 5.75 Å². The maximum absolute atomic E-state index is 11.9. The smallest absolute Gasteiger partial charge is 0.258 e. The molecule has 2 aliphatic carbocycles. The van der Waals surface area contributed by atoms with E-state index >= 15 is 0 Å². The van der Waals surface area contributed by atoms with E-state index in [4.69, 9.17) is 10.5 Å². The van der Waals surface area contributed by atoms with Crippen LogP contribution in [0, 0.1) is 11.8 Å². The molecule has 2 fully saturated rings. The largest absolute Gasteiger partial charge is 0.484 e. The van der Waals surface area contributed by atoms with Crippen molar-refractivity contribution >= 4 is 11.6 Å². The lowest BCUT2D eigenvalue weighted by atomic mass is 9.95. The highest BCUT2D eigenvalue weighted by molar-refractivity contribution is 5.78. The lowest BCUT2D eigenvalue weighted by Gasteiger charge is -2.22. The highest BCUT2D eigenvalue weighted by atomic mass is 16.5. The summed E-state index contributed by atoms with van der Waals surface area (Å²) < 4.78 is 5.45. The lowest BCUT2D eigenvalue weighted by molar-refractivity contribution is -0.124. The zero-order valence-electron chi connectivity index (χ0n) is 11.0. The highest BCUT2D eigenvalue weighted by Gasteiger charge is 2.40. The topological polar surface area (TPSA) is 64.3 Å². The Labute approximate surface area is 113 Å².